The number of hydrogen-bond acceptors (Lipinski definition) is 5. The fourth-order valence-electron chi connectivity index (χ4n) is 6.44. The molecule has 0 aliphatic heterocycles. The molecule has 3 aromatic carbocycles. The Kier molecular flexibility index (Phi) is 15.4. The maximum absolute atomic E-state index is 13.4. The van der Waals surface area contributed by atoms with Gasteiger partial charge in [-0.3, -0.25) is 9.78 Å². The van der Waals surface area contributed by atoms with Gasteiger partial charge in [0.15, 0.2) is 5.78 Å². The van der Waals surface area contributed by atoms with Gasteiger partial charge in [-0.1, -0.05) is 104 Å². The standard InChI is InChI=1S/C32H30F3N2S.C13H24O2.Ir/c1-19-18-36-27(22-13-20-9-7-8-10-23(20)25(14-22)30(2,3)4)16-24(19)21-11-12-26-28(15-21)38-29(37-26)17-31(5,6)32(33,34)35;1-5-10(6-2)12(14)9-13(15)11(7-3)8-4;/h7-12,14-16,18H,17H2,1-6H3;9-11,14H,5-8H2,1-4H3;/q-1;;/b;12-9-;. The Balaban J connectivity index is 0.000000418. The van der Waals surface area contributed by atoms with Gasteiger partial charge in [0, 0.05) is 56.3 Å². The summed E-state index contributed by atoms with van der Waals surface area (Å²) in [7, 11) is 0. The molecule has 0 saturated carbocycles. The number of carbonyl (C=O) groups is 1. The maximum atomic E-state index is 13.4. The van der Waals surface area contributed by atoms with Gasteiger partial charge in [-0.25, -0.2) is 4.98 Å². The monoisotopic (exact) mass is 936 g/mol. The van der Waals surface area contributed by atoms with Gasteiger partial charge >= 0.3 is 6.18 Å². The number of carbonyl (C=O) groups excluding carboxylic acids is 1. The normalized spacial score (nSPS) is 12.6. The Labute approximate surface area is 337 Å². The first-order valence-corrected chi connectivity index (χ1v) is 19.5. The number of aliphatic hydroxyl groups excluding tert-OH is 1. The van der Waals surface area contributed by atoms with E-state index in [2.05, 4.69) is 62.2 Å². The number of benzene rings is 3. The third-order valence-corrected chi connectivity index (χ3v) is 11.2. The van der Waals surface area contributed by atoms with Crippen molar-refractivity contribution in [3.05, 3.63) is 94.8 Å². The molecule has 1 N–H and O–H groups in total. The van der Waals surface area contributed by atoms with Gasteiger partial charge in [0.1, 0.15) is 0 Å². The van der Waals surface area contributed by atoms with E-state index < -0.39 is 11.6 Å². The van der Waals surface area contributed by atoms with Crippen molar-refractivity contribution in [3.8, 4) is 22.4 Å². The number of fused-ring (bicyclic) bond motifs is 2. The first kappa shape index (κ1) is 45.0. The van der Waals surface area contributed by atoms with Gasteiger partial charge in [0.25, 0.3) is 0 Å². The molecule has 5 rings (SSSR count). The second-order valence-corrected chi connectivity index (χ2v) is 16.7. The molecule has 0 aliphatic rings. The molecule has 0 amide bonds. The molecule has 0 unspecified atom stereocenters. The first-order valence-electron chi connectivity index (χ1n) is 18.7. The summed E-state index contributed by atoms with van der Waals surface area (Å²) in [6.07, 6.45) is 2.35. The molecule has 0 atom stereocenters. The second-order valence-electron chi connectivity index (χ2n) is 15.6. The average Bonchev–Trinajstić information content (AvgIpc) is 3.49. The number of nitrogens with zero attached hydrogens (tertiary/aromatic N) is 2. The van der Waals surface area contributed by atoms with E-state index in [1.54, 1.807) is 0 Å². The van der Waals surface area contributed by atoms with Crippen molar-refractivity contribution in [1.82, 2.24) is 9.97 Å². The Hall–Kier alpha value is -3.39. The van der Waals surface area contributed by atoms with Crippen LogP contribution in [-0.2, 0) is 36.7 Å². The van der Waals surface area contributed by atoms with E-state index in [4.69, 9.17) is 4.98 Å². The fraction of sp³-hybridized carbons (Fsp3) is 0.444. The third-order valence-electron chi connectivity index (χ3n) is 10.1. The van der Waals surface area contributed by atoms with Crippen molar-refractivity contribution < 1.29 is 43.2 Å². The van der Waals surface area contributed by atoms with Crippen molar-refractivity contribution in [2.75, 3.05) is 0 Å². The van der Waals surface area contributed by atoms with Crippen molar-refractivity contribution in [2.24, 2.45) is 17.3 Å². The number of thiazole rings is 1. The van der Waals surface area contributed by atoms with Gasteiger partial charge in [-0.05, 0) is 66.8 Å². The molecular formula is C45H54F3IrN2O2S-. The van der Waals surface area contributed by atoms with Crippen LogP contribution >= 0.6 is 11.3 Å². The van der Waals surface area contributed by atoms with E-state index in [0.29, 0.717) is 5.01 Å². The molecule has 1 radical (unpaired) electrons. The number of hydrogen-bond donors (Lipinski definition) is 1. The summed E-state index contributed by atoms with van der Waals surface area (Å²) in [5.41, 5.74) is 4.89. The summed E-state index contributed by atoms with van der Waals surface area (Å²) < 4.78 is 41.2. The molecule has 293 valence electrons. The van der Waals surface area contributed by atoms with Gasteiger partial charge < -0.3 is 5.11 Å². The summed E-state index contributed by atoms with van der Waals surface area (Å²) in [6, 6.07) is 22.0. The number of halogens is 3. The number of pyridine rings is 1. The zero-order valence-electron chi connectivity index (χ0n) is 33.2. The van der Waals surface area contributed by atoms with Crippen LogP contribution in [0.15, 0.2) is 72.6 Å². The summed E-state index contributed by atoms with van der Waals surface area (Å²) in [6.45, 7) is 19.2. The third kappa shape index (κ3) is 10.7. The molecule has 5 aromatic rings. The minimum Gasteiger partial charge on any atom is -0.512 e. The average molecular weight is 936 g/mol. The number of ketones is 1. The predicted octanol–water partition coefficient (Wildman–Crippen LogP) is 13.6. The molecular weight excluding hydrogens is 882 g/mol. The summed E-state index contributed by atoms with van der Waals surface area (Å²) in [5, 5.41) is 12.5. The zero-order chi connectivity index (χ0) is 39.3. The van der Waals surface area contributed by atoms with E-state index in [0.717, 1.165) is 69.2 Å². The van der Waals surface area contributed by atoms with E-state index in [1.807, 2.05) is 65.1 Å². The molecule has 0 aliphatic carbocycles. The number of aryl methyl sites for hydroxylation is 1. The SMILES string of the molecule is CCC(CC)C(=O)/C=C(\O)C(CC)CC.Cc1cnc(-c2[c-]c3ccccc3c(C(C)(C)C)c2)cc1-c1ccc2nc(CC(C)(C)C(F)(F)F)sc2c1.[Ir]. The van der Waals surface area contributed by atoms with Crippen molar-refractivity contribution in [3.63, 3.8) is 0 Å². The fourth-order valence-corrected chi connectivity index (χ4v) is 7.68. The minimum atomic E-state index is -4.28. The summed E-state index contributed by atoms with van der Waals surface area (Å²) in [5.74, 6) is 0.547. The first-order chi connectivity index (χ1) is 24.8. The van der Waals surface area contributed by atoms with Crippen LogP contribution in [0.1, 0.15) is 104 Å². The topological polar surface area (TPSA) is 63.1 Å². The van der Waals surface area contributed by atoms with Gasteiger partial charge in [-0.15, -0.1) is 40.5 Å². The van der Waals surface area contributed by atoms with Crippen LogP contribution in [-0.4, -0.2) is 27.0 Å². The molecule has 2 heterocycles. The number of allylic oxidation sites excluding steroid dienone is 2. The Morgan fingerprint density at radius 1 is 0.907 bits per heavy atom. The molecule has 0 fully saturated rings. The van der Waals surface area contributed by atoms with Crippen LogP contribution in [0.25, 0.3) is 43.4 Å². The molecule has 54 heavy (non-hydrogen) atoms. The van der Waals surface area contributed by atoms with Crippen LogP contribution in [0.5, 0.6) is 0 Å². The van der Waals surface area contributed by atoms with E-state index in [-0.39, 0.29) is 55.3 Å². The molecule has 0 spiro atoms. The van der Waals surface area contributed by atoms with Crippen LogP contribution in [0.3, 0.4) is 0 Å². The number of aliphatic hydroxyl groups is 1. The van der Waals surface area contributed by atoms with Gasteiger partial charge in [0.2, 0.25) is 0 Å². The Morgan fingerprint density at radius 2 is 1.54 bits per heavy atom. The molecule has 2 aromatic heterocycles. The zero-order valence-corrected chi connectivity index (χ0v) is 36.4. The molecule has 4 nitrogen and oxygen atoms in total. The largest absolute Gasteiger partial charge is 0.512 e. The molecule has 0 bridgehead atoms. The summed E-state index contributed by atoms with van der Waals surface area (Å²) >= 11 is 1.33. The Morgan fingerprint density at radius 3 is 2.13 bits per heavy atom. The summed E-state index contributed by atoms with van der Waals surface area (Å²) in [4.78, 5) is 21.0. The van der Waals surface area contributed by atoms with Crippen molar-refractivity contribution in [2.45, 2.75) is 113 Å². The van der Waals surface area contributed by atoms with E-state index in [9.17, 15) is 23.1 Å². The van der Waals surface area contributed by atoms with Crippen LogP contribution in [0.4, 0.5) is 13.2 Å². The van der Waals surface area contributed by atoms with Crippen molar-refractivity contribution >= 4 is 38.1 Å². The number of alkyl halides is 3. The van der Waals surface area contributed by atoms with Gasteiger partial charge in [-0.2, -0.15) is 13.2 Å². The van der Waals surface area contributed by atoms with Crippen LogP contribution in [0, 0.1) is 30.2 Å². The van der Waals surface area contributed by atoms with E-state index >= 15 is 0 Å². The predicted molar refractivity (Wildman–Crippen MR) is 215 cm³/mol. The number of rotatable bonds is 11. The smallest absolute Gasteiger partial charge is 0.394 e. The maximum Gasteiger partial charge on any atom is 0.394 e. The van der Waals surface area contributed by atoms with Crippen molar-refractivity contribution in [1.29, 1.82) is 0 Å². The van der Waals surface area contributed by atoms with Gasteiger partial charge in [0.05, 0.1) is 26.4 Å². The molecule has 9 heteroatoms. The molecule has 0 saturated heterocycles. The number of aromatic nitrogens is 2. The van der Waals surface area contributed by atoms with E-state index in [1.165, 1.54) is 42.2 Å². The van der Waals surface area contributed by atoms with Crippen LogP contribution < -0.4 is 0 Å². The van der Waals surface area contributed by atoms with Crippen LogP contribution in [0.2, 0.25) is 0 Å². The Bertz CT molecular complexity index is 2070. The minimum absolute atomic E-state index is 0. The quantitative estimate of drug-likeness (QED) is 0.0814. The second kappa shape index (κ2) is 18.5.